The maximum Gasteiger partial charge on any atom is 0.217 e. The zero-order valence-corrected chi connectivity index (χ0v) is 17.7. The first-order valence-corrected chi connectivity index (χ1v) is 10.6. The van der Waals surface area contributed by atoms with Crippen LogP contribution in [-0.2, 0) is 6.54 Å². The van der Waals surface area contributed by atoms with Crippen LogP contribution in [0.3, 0.4) is 0 Å². The maximum absolute atomic E-state index is 6.18. The van der Waals surface area contributed by atoms with Crippen molar-refractivity contribution in [1.82, 2.24) is 14.9 Å². The van der Waals surface area contributed by atoms with Crippen LogP contribution in [0.15, 0.2) is 67.1 Å². The second kappa shape index (κ2) is 9.72. The van der Waals surface area contributed by atoms with Crippen LogP contribution in [0.2, 0.25) is 0 Å². The summed E-state index contributed by atoms with van der Waals surface area (Å²) in [6.07, 6.45) is 7.64. The smallest absolute Gasteiger partial charge is 0.217 e. The molecule has 0 N–H and O–H groups in total. The molecule has 0 bridgehead atoms. The van der Waals surface area contributed by atoms with Gasteiger partial charge in [0.1, 0.15) is 11.5 Å². The van der Waals surface area contributed by atoms with Gasteiger partial charge in [-0.1, -0.05) is 31.2 Å². The number of nitrogens with zero attached hydrogens (tertiary/aromatic N) is 3. The van der Waals surface area contributed by atoms with E-state index in [4.69, 9.17) is 9.47 Å². The van der Waals surface area contributed by atoms with Gasteiger partial charge in [-0.2, -0.15) is 0 Å². The first-order valence-electron chi connectivity index (χ1n) is 10.6. The van der Waals surface area contributed by atoms with Gasteiger partial charge < -0.3 is 9.47 Å². The lowest BCUT2D eigenvalue weighted by Crippen LogP contribution is -2.35. The topological polar surface area (TPSA) is 47.5 Å². The summed E-state index contributed by atoms with van der Waals surface area (Å²) >= 11 is 0. The number of hydrogen-bond donors (Lipinski definition) is 0. The lowest BCUT2D eigenvalue weighted by Gasteiger charge is -2.35. The van der Waals surface area contributed by atoms with Gasteiger partial charge in [0.05, 0.1) is 7.11 Å². The highest BCUT2D eigenvalue weighted by molar-refractivity contribution is 5.39. The fourth-order valence-electron chi connectivity index (χ4n) is 4.32. The van der Waals surface area contributed by atoms with Gasteiger partial charge in [0, 0.05) is 30.7 Å². The minimum absolute atomic E-state index is 0.443. The van der Waals surface area contributed by atoms with Crippen LogP contribution in [0.1, 0.15) is 36.8 Å². The summed E-state index contributed by atoms with van der Waals surface area (Å²) in [5, 5.41) is 0. The van der Waals surface area contributed by atoms with Crippen molar-refractivity contribution in [3.63, 3.8) is 0 Å². The molecule has 1 unspecified atom stereocenters. The highest BCUT2D eigenvalue weighted by atomic mass is 16.5. The van der Waals surface area contributed by atoms with Gasteiger partial charge in [-0.15, -0.1) is 0 Å². The Balaban J connectivity index is 1.39. The summed E-state index contributed by atoms with van der Waals surface area (Å²) in [6.45, 7) is 5.39. The second-order valence-corrected chi connectivity index (χ2v) is 7.90. The number of para-hydroxylation sites is 1. The van der Waals surface area contributed by atoms with Crippen LogP contribution < -0.4 is 9.47 Å². The molecule has 1 aliphatic heterocycles. The number of methoxy groups -OCH3 is 1. The summed E-state index contributed by atoms with van der Waals surface area (Å²) in [4.78, 5) is 10.9. The van der Waals surface area contributed by atoms with Crippen LogP contribution in [0, 0.1) is 5.92 Å². The van der Waals surface area contributed by atoms with Crippen molar-refractivity contribution >= 4 is 0 Å². The lowest BCUT2D eigenvalue weighted by molar-refractivity contribution is 0.162. The highest BCUT2D eigenvalue weighted by Crippen LogP contribution is 2.38. The summed E-state index contributed by atoms with van der Waals surface area (Å²) in [7, 11) is 1.69. The molecule has 0 aliphatic carbocycles. The van der Waals surface area contributed by atoms with Crippen LogP contribution in [0.25, 0.3) is 0 Å². The van der Waals surface area contributed by atoms with E-state index in [9.17, 15) is 0 Å². The largest absolute Gasteiger partial charge is 0.481 e. The normalized spacial score (nSPS) is 16.2. The average Bonchev–Trinajstić information content (AvgIpc) is 2.80. The Morgan fingerprint density at radius 3 is 2.53 bits per heavy atom. The third kappa shape index (κ3) is 4.79. The molecule has 0 spiro atoms. The Bertz CT molecular complexity index is 940. The fourth-order valence-corrected chi connectivity index (χ4v) is 4.32. The van der Waals surface area contributed by atoms with Crippen LogP contribution in [0.5, 0.6) is 17.4 Å². The Morgan fingerprint density at radius 1 is 1.00 bits per heavy atom. The first kappa shape index (κ1) is 20.4. The van der Waals surface area contributed by atoms with Crippen molar-refractivity contribution in [2.75, 3.05) is 20.2 Å². The minimum atomic E-state index is 0.443. The maximum atomic E-state index is 6.18. The number of pyridine rings is 2. The molecule has 1 saturated heterocycles. The van der Waals surface area contributed by atoms with E-state index in [1.807, 2.05) is 24.3 Å². The average molecular weight is 404 g/mol. The zero-order valence-electron chi connectivity index (χ0n) is 17.7. The van der Waals surface area contributed by atoms with E-state index in [1.54, 1.807) is 25.7 Å². The molecule has 5 heteroatoms. The molecule has 0 radical (unpaired) electrons. The molecule has 3 aromatic rings. The van der Waals surface area contributed by atoms with E-state index in [0.717, 1.165) is 42.6 Å². The van der Waals surface area contributed by atoms with Crippen LogP contribution in [0.4, 0.5) is 0 Å². The Labute approximate surface area is 178 Å². The molecule has 4 rings (SSSR count). The van der Waals surface area contributed by atoms with Gasteiger partial charge in [-0.3, -0.25) is 9.88 Å². The van der Waals surface area contributed by atoms with Crippen LogP contribution >= 0.6 is 0 Å². The number of ether oxygens (including phenoxy) is 2. The molecular weight excluding hydrogens is 374 g/mol. The highest BCUT2D eigenvalue weighted by Gasteiger charge is 2.27. The van der Waals surface area contributed by atoms with Crippen molar-refractivity contribution in [3.8, 4) is 17.4 Å². The lowest BCUT2D eigenvalue weighted by atomic mass is 9.81. The number of likely N-dealkylation sites (tertiary alicyclic amines) is 1. The molecule has 1 atom stereocenters. The monoisotopic (exact) mass is 403 g/mol. The molecule has 3 heterocycles. The number of rotatable bonds is 7. The molecule has 2 aromatic heterocycles. The first-order chi connectivity index (χ1) is 14.7. The van der Waals surface area contributed by atoms with Gasteiger partial charge in [0.2, 0.25) is 5.88 Å². The van der Waals surface area contributed by atoms with E-state index in [-0.39, 0.29) is 0 Å². The number of hydrogen-bond acceptors (Lipinski definition) is 5. The summed E-state index contributed by atoms with van der Waals surface area (Å²) in [5.41, 5.74) is 2.43. The minimum Gasteiger partial charge on any atom is -0.481 e. The standard InChI is InChI=1S/C25H29N3O2/c1-19(23-7-3-4-8-24(23)30-22-9-14-26-15-10-22)20-11-16-28(17-12-20)18-21-6-5-13-27-25(21)29-2/h3-10,13-15,19-20H,11-12,16-18H2,1-2H3. The van der Waals surface area contributed by atoms with E-state index in [0.29, 0.717) is 11.8 Å². The predicted molar refractivity (Wildman–Crippen MR) is 118 cm³/mol. The van der Waals surface area contributed by atoms with E-state index in [1.165, 1.54) is 18.4 Å². The second-order valence-electron chi connectivity index (χ2n) is 7.90. The summed E-state index contributed by atoms with van der Waals surface area (Å²) < 4.78 is 11.6. The predicted octanol–water partition coefficient (Wildman–Crippen LogP) is 5.29. The molecule has 0 amide bonds. The molecular formula is C25H29N3O2. The summed E-state index contributed by atoms with van der Waals surface area (Å²) in [6, 6.07) is 16.3. The third-order valence-corrected chi connectivity index (χ3v) is 6.06. The molecule has 1 aliphatic rings. The van der Waals surface area contributed by atoms with Gasteiger partial charge in [-0.25, -0.2) is 4.98 Å². The SMILES string of the molecule is COc1ncccc1CN1CCC(C(C)c2ccccc2Oc2ccncc2)CC1. The zero-order chi connectivity index (χ0) is 20.8. The molecule has 156 valence electrons. The molecule has 0 saturated carbocycles. The van der Waals surface area contributed by atoms with Gasteiger partial charge in [-0.05, 0) is 67.6 Å². The number of aromatic nitrogens is 2. The van der Waals surface area contributed by atoms with Crippen molar-refractivity contribution in [1.29, 1.82) is 0 Å². The van der Waals surface area contributed by atoms with E-state index < -0.39 is 0 Å². The Kier molecular flexibility index (Phi) is 6.60. The number of piperidine rings is 1. The number of benzene rings is 1. The van der Waals surface area contributed by atoms with Gasteiger partial charge >= 0.3 is 0 Å². The summed E-state index contributed by atoms with van der Waals surface area (Å²) in [5.74, 6) is 3.58. The Morgan fingerprint density at radius 2 is 1.77 bits per heavy atom. The third-order valence-electron chi connectivity index (χ3n) is 6.06. The Hall–Kier alpha value is -2.92. The fraction of sp³-hybridized carbons (Fsp3) is 0.360. The van der Waals surface area contributed by atoms with Crippen LogP contribution in [-0.4, -0.2) is 35.1 Å². The van der Waals surface area contributed by atoms with Gasteiger partial charge in [0.25, 0.3) is 0 Å². The molecule has 5 nitrogen and oxygen atoms in total. The molecule has 30 heavy (non-hydrogen) atoms. The molecule has 1 aromatic carbocycles. The quantitative estimate of drug-likeness (QED) is 0.536. The van der Waals surface area contributed by atoms with Crippen molar-refractivity contribution in [3.05, 3.63) is 78.2 Å². The van der Waals surface area contributed by atoms with E-state index >= 15 is 0 Å². The molecule has 1 fully saturated rings. The van der Waals surface area contributed by atoms with Crippen molar-refractivity contribution in [2.24, 2.45) is 5.92 Å². The van der Waals surface area contributed by atoms with Crippen molar-refractivity contribution in [2.45, 2.75) is 32.2 Å². The van der Waals surface area contributed by atoms with Gasteiger partial charge in [0.15, 0.2) is 0 Å². The van der Waals surface area contributed by atoms with Crippen molar-refractivity contribution < 1.29 is 9.47 Å². The van der Waals surface area contributed by atoms with E-state index in [2.05, 4.69) is 46.1 Å².